The van der Waals surface area contributed by atoms with Crippen LogP contribution in [0, 0.1) is 0 Å². The molecule has 0 unspecified atom stereocenters. The van der Waals surface area contributed by atoms with E-state index >= 15 is 0 Å². The summed E-state index contributed by atoms with van der Waals surface area (Å²) in [7, 11) is 0. The third-order valence-electron chi connectivity index (χ3n) is 3.17. The summed E-state index contributed by atoms with van der Waals surface area (Å²) in [6.07, 6.45) is 6.73. The van der Waals surface area contributed by atoms with Gasteiger partial charge in [-0.1, -0.05) is 25.7 Å². The van der Waals surface area contributed by atoms with Crippen LogP contribution < -0.4 is 16.0 Å². The number of aromatic nitrogens is 3. The van der Waals surface area contributed by atoms with Crippen molar-refractivity contribution in [3.8, 4) is 0 Å². The number of hydrogen-bond donors (Lipinski definition) is 4. The third kappa shape index (κ3) is 7.97. The van der Waals surface area contributed by atoms with Crippen molar-refractivity contribution in [2.75, 3.05) is 42.2 Å². The Morgan fingerprint density at radius 2 is 1.14 bits per heavy atom. The minimum Gasteiger partial charge on any atom is -0.396 e. The van der Waals surface area contributed by atoms with Crippen LogP contribution in [0.2, 0.25) is 0 Å². The van der Waals surface area contributed by atoms with Gasteiger partial charge in [0.05, 0.1) is 0 Å². The largest absolute Gasteiger partial charge is 0.396 e. The molecule has 0 radical (unpaired) electrons. The molecule has 22 heavy (non-hydrogen) atoms. The van der Waals surface area contributed by atoms with Crippen molar-refractivity contribution >= 4 is 17.8 Å². The summed E-state index contributed by atoms with van der Waals surface area (Å²) < 4.78 is 0. The first kappa shape index (κ1) is 18.4. The van der Waals surface area contributed by atoms with Gasteiger partial charge in [0, 0.05) is 26.2 Å². The van der Waals surface area contributed by atoms with E-state index in [-0.39, 0.29) is 0 Å². The van der Waals surface area contributed by atoms with E-state index in [9.17, 15) is 0 Å². The number of aliphatic hydroxyl groups excluding tert-OH is 1. The van der Waals surface area contributed by atoms with Crippen LogP contribution in [0.25, 0.3) is 0 Å². The first-order valence-electron chi connectivity index (χ1n) is 8.38. The molecule has 0 fully saturated rings. The first-order valence-corrected chi connectivity index (χ1v) is 8.38. The van der Waals surface area contributed by atoms with Crippen molar-refractivity contribution in [1.29, 1.82) is 0 Å². The number of aliphatic hydroxyl groups is 1. The van der Waals surface area contributed by atoms with E-state index in [1.807, 2.05) is 13.8 Å². The minimum atomic E-state index is 0.309. The monoisotopic (exact) mass is 310 g/mol. The van der Waals surface area contributed by atoms with Gasteiger partial charge in [0.15, 0.2) is 0 Å². The zero-order valence-electron chi connectivity index (χ0n) is 13.9. The Labute approximate surface area is 133 Å². The van der Waals surface area contributed by atoms with Gasteiger partial charge in [0.25, 0.3) is 0 Å². The predicted molar refractivity (Wildman–Crippen MR) is 91.4 cm³/mol. The zero-order valence-corrected chi connectivity index (χ0v) is 13.9. The molecule has 0 aliphatic heterocycles. The Bertz CT molecular complexity index is 377. The SMILES string of the molecule is CCNc1nc(NCC)nc(NCCCCCCCCO)n1. The van der Waals surface area contributed by atoms with E-state index in [2.05, 4.69) is 30.9 Å². The molecule has 0 atom stereocenters. The topological polar surface area (TPSA) is 95.0 Å². The molecule has 0 bridgehead atoms. The molecule has 0 saturated heterocycles. The lowest BCUT2D eigenvalue weighted by atomic mass is 10.1. The van der Waals surface area contributed by atoms with Crippen molar-refractivity contribution in [1.82, 2.24) is 15.0 Å². The second kappa shape index (κ2) is 12.0. The second-order valence-electron chi connectivity index (χ2n) is 5.14. The Hall–Kier alpha value is -1.63. The van der Waals surface area contributed by atoms with Crippen molar-refractivity contribution < 1.29 is 5.11 Å². The Balaban J connectivity index is 2.31. The molecule has 0 aliphatic carbocycles. The van der Waals surface area contributed by atoms with Crippen LogP contribution in [-0.2, 0) is 0 Å². The van der Waals surface area contributed by atoms with E-state index in [1.165, 1.54) is 19.3 Å². The van der Waals surface area contributed by atoms with Crippen LogP contribution in [0.4, 0.5) is 17.8 Å². The Morgan fingerprint density at radius 1 is 0.682 bits per heavy atom. The second-order valence-corrected chi connectivity index (χ2v) is 5.14. The van der Waals surface area contributed by atoms with Crippen LogP contribution in [0.15, 0.2) is 0 Å². The standard InChI is InChI=1S/C15H30N6O/c1-3-16-13-19-14(17-4-2)21-15(20-13)18-11-9-7-5-6-8-10-12-22/h22H,3-12H2,1-2H3,(H3,16,17,18,19,20,21). The molecule has 7 heteroatoms. The summed E-state index contributed by atoms with van der Waals surface area (Å²) >= 11 is 0. The van der Waals surface area contributed by atoms with Crippen molar-refractivity contribution in [3.05, 3.63) is 0 Å². The van der Waals surface area contributed by atoms with Crippen LogP contribution in [-0.4, -0.2) is 46.3 Å². The normalized spacial score (nSPS) is 10.5. The molecular formula is C15H30N6O. The average molecular weight is 310 g/mol. The fourth-order valence-electron chi connectivity index (χ4n) is 2.07. The summed E-state index contributed by atoms with van der Waals surface area (Å²) in [5, 5.41) is 18.2. The van der Waals surface area contributed by atoms with Crippen molar-refractivity contribution in [2.24, 2.45) is 0 Å². The van der Waals surface area contributed by atoms with Gasteiger partial charge in [-0.15, -0.1) is 0 Å². The van der Waals surface area contributed by atoms with E-state index in [4.69, 9.17) is 5.11 Å². The number of rotatable bonds is 13. The number of hydrogen-bond acceptors (Lipinski definition) is 7. The average Bonchev–Trinajstić information content (AvgIpc) is 2.50. The lowest BCUT2D eigenvalue weighted by molar-refractivity contribution is 0.282. The zero-order chi connectivity index (χ0) is 16.0. The number of unbranched alkanes of at least 4 members (excludes halogenated alkanes) is 5. The van der Waals surface area contributed by atoms with Crippen molar-refractivity contribution in [3.63, 3.8) is 0 Å². The van der Waals surface area contributed by atoms with Crippen molar-refractivity contribution in [2.45, 2.75) is 52.4 Å². The van der Waals surface area contributed by atoms with Gasteiger partial charge >= 0.3 is 0 Å². The highest BCUT2D eigenvalue weighted by Gasteiger charge is 2.04. The molecule has 0 saturated carbocycles. The summed E-state index contributed by atoms with van der Waals surface area (Å²) in [4.78, 5) is 13.0. The third-order valence-corrected chi connectivity index (χ3v) is 3.17. The van der Waals surface area contributed by atoms with Gasteiger partial charge in [-0.3, -0.25) is 0 Å². The van der Waals surface area contributed by atoms with Crippen LogP contribution >= 0.6 is 0 Å². The summed E-state index contributed by atoms with van der Waals surface area (Å²) in [6, 6.07) is 0. The predicted octanol–water partition coefficient (Wildman–Crippen LogP) is 2.48. The maximum atomic E-state index is 8.71. The van der Waals surface area contributed by atoms with Gasteiger partial charge in [-0.25, -0.2) is 0 Å². The van der Waals surface area contributed by atoms with E-state index in [1.54, 1.807) is 0 Å². The quantitative estimate of drug-likeness (QED) is 0.416. The number of nitrogens with one attached hydrogen (secondary N) is 3. The molecule has 1 heterocycles. The molecule has 1 rings (SSSR count). The Kier molecular flexibility index (Phi) is 10.0. The lowest BCUT2D eigenvalue weighted by Crippen LogP contribution is -2.12. The highest BCUT2D eigenvalue weighted by atomic mass is 16.2. The molecule has 0 amide bonds. The molecule has 7 nitrogen and oxygen atoms in total. The fourth-order valence-corrected chi connectivity index (χ4v) is 2.07. The molecule has 126 valence electrons. The molecule has 0 aromatic carbocycles. The maximum Gasteiger partial charge on any atom is 0.229 e. The highest BCUT2D eigenvalue weighted by molar-refractivity contribution is 5.41. The molecule has 4 N–H and O–H groups in total. The van der Waals surface area contributed by atoms with E-state index in [0.29, 0.717) is 24.5 Å². The highest BCUT2D eigenvalue weighted by Crippen LogP contribution is 2.10. The number of anilines is 3. The summed E-state index contributed by atoms with van der Waals surface area (Å²) in [5.74, 6) is 1.81. The van der Waals surface area contributed by atoms with Gasteiger partial charge in [-0.2, -0.15) is 15.0 Å². The minimum absolute atomic E-state index is 0.309. The van der Waals surface area contributed by atoms with Gasteiger partial charge in [-0.05, 0) is 26.7 Å². The lowest BCUT2D eigenvalue weighted by Gasteiger charge is -2.09. The molecular weight excluding hydrogens is 280 g/mol. The maximum absolute atomic E-state index is 8.71. The van der Waals surface area contributed by atoms with Crippen LogP contribution in [0.3, 0.4) is 0 Å². The number of nitrogens with zero attached hydrogens (tertiary/aromatic N) is 3. The molecule has 0 aliphatic rings. The summed E-state index contributed by atoms with van der Waals surface area (Å²) in [5.41, 5.74) is 0. The van der Waals surface area contributed by atoms with Crippen LogP contribution in [0.1, 0.15) is 52.4 Å². The molecule has 0 spiro atoms. The van der Waals surface area contributed by atoms with Gasteiger partial charge in [0.2, 0.25) is 17.8 Å². The first-order chi connectivity index (χ1) is 10.8. The van der Waals surface area contributed by atoms with E-state index < -0.39 is 0 Å². The fraction of sp³-hybridized carbons (Fsp3) is 0.800. The Morgan fingerprint density at radius 3 is 1.64 bits per heavy atom. The van der Waals surface area contributed by atoms with E-state index in [0.717, 1.165) is 38.9 Å². The van der Waals surface area contributed by atoms with Crippen LogP contribution in [0.5, 0.6) is 0 Å². The summed E-state index contributed by atoms with van der Waals surface area (Å²) in [6.45, 7) is 6.76. The molecule has 1 aromatic heterocycles. The smallest absolute Gasteiger partial charge is 0.229 e. The van der Waals surface area contributed by atoms with Gasteiger partial charge < -0.3 is 21.1 Å². The van der Waals surface area contributed by atoms with Gasteiger partial charge in [0.1, 0.15) is 0 Å². The molecule has 1 aromatic rings.